The highest BCUT2D eigenvalue weighted by molar-refractivity contribution is 7.17. The van der Waals surface area contributed by atoms with Crippen LogP contribution in [0.25, 0.3) is 0 Å². The highest BCUT2D eigenvalue weighted by Gasteiger charge is 2.29. The number of nitrogens with one attached hydrogen (secondary N) is 2. The fourth-order valence-electron chi connectivity index (χ4n) is 3.74. The van der Waals surface area contributed by atoms with E-state index in [4.69, 9.17) is 32.7 Å². The van der Waals surface area contributed by atoms with Gasteiger partial charge in [-0.1, -0.05) is 29.3 Å². The monoisotopic (exact) mass is 559 g/mol. The fraction of sp³-hybridized carbons (Fsp3) is 0.231. The standard InChI is InChI=1S/C26H23Cl2N3O5S/c1-2-35-26(34)22-19-4-3-5-21(19)37-25(22)30-23(32)24(33)31-29-13-15-6-10-18(11-7-15)36-14-16-8-9-17(27)12-20(16)28/h6-13H,2-5,14H2,1H3,(H,30,32)(H,31,33)/b29-13+. The summed E-state index contributed by atoms with van der Waals surface area (Å²) >= 11 is 13.4. The van der Waals surface area contributed by atoms with Gasteiger partial charge in [-0.25, -0.2) is 10.2 Å². The molecule has 1 aromatic heterocycles. The van der Waals surface area contributed by atoms with Gasteiger partial charge in [0.15, 0.2) is 0 Å². The van der Waals surface area contributed by atoms with Gasteiger partial charge in [-0.05, 0) is 73.7 Å². The molecule has 2 aromatic carbocycles. The Kier molecular flexibility index (Phi) is 8.81. The number of hydrazone groups is 1. The van der Waals surface area contributed by atoms with Gasteiger partial charge < -0.3 is 14.8 Å². The maximum atomic E-state index is 12.4. The van der Waals surface area contributed by atoms with E-state index in [2.05, 4.69) is 15.8 Å². The zero-order valence-corrected chi connectivity index (χ0v) is 22.1. The Labute approximate surface area is 227 Å². The third-order valence-electron chi connectivity index (χ3n) is 5.50. The minimum atomic E-state index is -0.959. The second-order valence-corrected chi connectivity index (χ2v) is 9.98. The number of esters is 1. The number of hydrogen-bond donors (Lipinski definition) is 2. The van der Waals surface area contributed by atoms with Crippen LogP contribution in [0.4, 0.5) is 5.00 Å². The lowest BCUT2D eigenvalue weighted by Gasteiger charge is -2.08. The number of halogens is 2. The molecular formula is C26H23Cl2N3O5S. The van der Waals surface area contributed by atoms with Crippen LogP contribution in [0.2, 0.25) is 10.0 Å². The molecule has 4 rings (SSSR count). The molecule has 2 N–H and O–H groups in total. The van der Waals surface area contributed by atoms with Crippen molar-refractivity contribution in [1.82, 2.24) is 5.43 Å². The molecule has 0 unspecified atom stereocenters. The topological polar surface area (TPSA) is 106 Å². The highest BCUT2D eigenvalue weighted by atomic mass is 35.5. The highest BCUT2D eigenvalue weighted by Crippen LogP contribution is 2.39. The van der Waals surface area contributed by atoms with Crippen molar-refractivity contribution in [3.8, 4) is 5.75 Å². The second-order valence-electron chi connectivity index (χ2n) is 8.03. The van der Waals surface area contributed by atoms with Crippen LogP contribution in [0.1, 0.15) is 45.3 Å². The Morgan fingerprint density at radius 3 is 2.59 bits per heavy atom. The van der Waals surface area contributed by atoms with E-state index in [-0.39, 0.29) is 13.2 Å². The molecular weight excluding hydrogens is 537 g/mol. The molecule has 3 aromatic rings. The van der Waals surface area contributed by atoms with Gasteiger partial charge in [-0.3, -0.25) is 9.59 Å². The molecule has 8 nitrogen and oxygen atoms in total. The van der Waals surface area contributed by atoms with Crippen molar-refractivity contribution in [2.24, 2.45) is 5.10 Å². The molecule has 0 fully saturated rings. The van der Waals surface area contributed by atoms with Crippen LogP contribution in [0, 0.1) is 0 Å². The van der Waals surface area contributed by atoms with E-state index < -0.39 is 17.8 Å². The average Bonchev–Trinajstić information content (AvgIpc) is 3.45. The second kappa shape index (κ2) is 12.2. The molecule has 0 spiro atoms. The van der Waals surface area contributed by atoms with E-state index in [1.165, 1.54) is 17.6 Å². The van der Waals surface area contributed by atoms with Crippen LogP contribution in [0.15, 0.2) is 47.6 Å². The number of thiophene rings is 1. The summed E-state index contributed by atoms with van der Waals surface area (Å²) in [5.41, 5.74) is 4.91. The summed E-state index contributed by atoms with van der Waals surface area (Å²) in [6.45, 7) is 2.21. The zero-order valence-electron chi connectivity index (χ0n) is 19.8. The molecule has 11 heteroatoms. The van der Waals surface area contributed by atoms with Gasteiger partial charge in [0.25, 0.3) is 0 Å². The smallest absolute Gasteiger partial charge is 0.341 e. The molecule has 1 aliphatic carbocycles. The Morgan fingerprint density at radius 2 is 1.86 bits per heavy atom. The van der Waals surface area contributed by atoms with E-state index in [0.717, 1.165) is 35.3 Å². The van der Waals surface area contributed by atoms with Crippen LogP contribution < -0.4 is 15.5 Å². The van der Waals surface area contributed by atoms with E-state index in [0.29, 0.717) is 31.9 Å². The van der Waals surface area contributed by atoms with E-state index in [1.807, 2.05) is 0 Å². The number of rotatable bonds is 8. The number of anilines is 1. The van der Waals surface area contributed by atoms with Gasteiger partial charge >= 0.3 is 17.8 Å². The van der Waals surface area contributed by atoms with Crippen molar-refractivity contribution >= 4 is 63.5 Å². The Morgan fingerprint density at radius 1 is 1.08 bits per heavy atom. The van der Waals surface area contributed by atoms with Crippen LogP contribution in [-0.4, -0.2) is 30.6 Å². The van der Waals surface area contributed by atoms with Crippen LogP contribution in [-0.2, 0) is 33.8 Å². The number of aryl methyl sites for hydroxylation is 1. The maximum Gasteiger partial charge on any atom is 0.341 e. The zero-order chi connectivity index (χ0) is 26.4. The van der Waals surface area contributed by atoms with Crippen molar-refractivity contribution in [3.63, 3.8) is 0 Å². The first kappa shape index (κ1) is 26.7. The van der Waals surface area contributed by atoms with Gasteiger partial charge in [0.2, 0.25) is 0 Å². The summed E-state index contributed by atoms with van der Waals surface area (Å²) in [4.78, 5) is 38.1. The lowest BCUT2D eigenvalue weighted by atomic mass is 10.1. The first-order valence-corrected chi connectivity index (χ1v) is 13.1. The molecule has 0 radical (unpaired) electrons. The molecule has 192 valence electrons. The average molecular weight is 560 g/mol. The summed E-state index contributed by atoms with van der Waals surface area (Å²) in [5.74, 6) is -1.77. The Hall–Kier alpha value is -3.40. The van der Waals surface area contributed by atoms with Gasteiger partial charge in [0, 0.05) is 20.5 Å². The predicted molar refractivity (Wildman–Crippen MR) is 144 cm³/mol. The molecule has 2 amide bonds. The number of benzene rings is 2. The first-order valence-electron chi connectivity index (χ1n) is 11.5. The number of ether oxygens (including phenoxy) is 2. The minimum Gasteiger partial charge on any atom is -0.489 e. The molecule has 0 aliphatic heterocycles. The van der Waals surface area contributed by atoms with Gasteiger partial charge in [0.05, 0.1) is 18.4 Å². The molecule has 0 saturated heterocycles. The molecule has 0 atom stereocenters. The Bertz CT molecular complexity index is 1350. The minimum absolute atomic E-state index is 0.218. The predicted octanol–water partition coefficient (Wildman–Crippen LogP) is 5.39. The third kappa shape index (κ3) is 6.68. The Balaban J connectivity index is 1.30. The lowest BCUT2D eigenvalue weighted by Crippen LogP contribution is -2.32. The van der Waals surface area contributed by atoms with E-state index >= 15 is 0 Å². The number of amides is 2. The molecule has 0 saturated carbocycles. The van der Waals surface area contributed by atoms with Crippen molar-refractivity contribution in [2.45, 2.75) is 32.8 Å². The largest absolute Gasteiger partial charge is 0.489 e. The summed E-state index contributed by atoms with van der Waals surface area (Å²) in [5, 5.41) is 7.77. The van der Waals surface area contributed by atoms with Gasteiger partial charge in [-0.15, -0.1) is 11.3 Å². The summed E-state index contributed by atoms with van der Waals surface area (Å²) < 4.78 is 10.9. The number of hydrogen-bond acceptors (Lipinski definition) is 7. The number of carbonyl (C=O) groups excluding carboxylic acids is 3. The van der Waals surface area contributed by atoms with Crippen molar-refractivity contribution in [3.05, 3.63) is 79.6 Å². The summed E-state index contributed by atoms with van der Waals surface area (Å²) in [7, 11) is 0. The lowest BCUT2D eigenvalue weighted by molar-refractivity contribution is -0.136. The van der Waals surface area contributed by atoms with Crippen molar-refractivity contribution < 1.29 is 23.9 Å². The maximum absolute atomic E-state index is 12.4. The van der Waals surface area contributed by atoms with Crippen LogP contribution >= 0.6 is 34.5 Å². The fourth-order valence-corrected chi connectivity index (χ4v) is 5.47. The summed E-state index contributed by atoms with van der Waals surface area (Å²) in [6, 6.07) is 12.2. The molecule has 1 heterocycles. The van der Waals surface area contributed by atoms with E-state index in [1.54, 1.807) is 49.4 Å². The number of carbonyl (C=O) groups is 3. The van der Waals surface area contributed by atoms with Crippen LogP contribution in [0.3, 0.4) is 0 Å². The third-order valence-corrected chi connectivity index (χ3v) is 7.30. The number of nitrogens with zero attached hydrogens (tertiary/aromatic N) is 1. The van der Waals surface area contributed by atoms with Gasteiger partial charge in [-0.2, -0.15) is 5.10 Å². The SMILES string of the molecule is CCOC(=O)c1c(NC(=O)C(=O)N/N=C/c2ccc(OCc3ccc(Cl)cc3Cl)cc2)sc2c1CCC2. The number of fused-ring (bicyclic) bond motifs is 1. The van der Waals surface area contributed by atoms with Crippen molar-refractivity contribution in [2.75, 3.05) is 11.9 Å². The molecule has 37 heavy (non-hydrogen) atoms. The summed E-state index contributed by atoms with van der Waals surface area (Å²) in [6.07, 6.45) is 3.91. The normalized spacial score (nSPS) is 12.3. The first-order chi connectivity index (χ1) is 17.9. The molecule has 1 aliphatic rings. The van der Waals surface area contributed by atoms with E-state index in [9.17, 15) is 14.4 Å². The van der Waals surface area contributed by atoms with Crippen LogP contribution in [0.5, 0.6) is 5.75 Å². The van der Waals surface area contributed by atoms with Crippen molar-refractivity contribution in [1.29, 1.82) is 0 Å². The quantitative estimate of drug-likeness (QED) is 0.166. The molecule has 0 bridgehead atoms. The van der Waals surface area contributed by atoms with Gasteiger partial charge in [0.1, 0.15) is 17.4 Å².